The topological polar surface area (TPSA) is 63.5 Å². The van der Waals surface area contributed by atoms with Gasteiger partial charge in [0.1, 0.15) is 0 Å². The van der Waals surface area contributed by atoms with Gasteiger partial charge in [0, 0.05) is 0 Å². The molecule has 0 saturated heterocycles. The molecule has 0 unspecified atom stereocenters. The van der Waals surface area contributed by atoms with Crippen LogP contribution in [0.3, 0.4) is 0 Å². The van der Waals surface area contributed by atoms with Crippen molar-refractivity contribution in [1.82, 2.24) is 0 Å². The minimum absolute atomic E-state index is 0. The molecule has 0 aliphatic heterocycles. The van der Waals surface area contributed by atoms with Gasteiger partial charge in [0.15, 0.2) is 0 Å². The average Bonchev–Trinajstić information content (AvgIpc) is 0.811. The first-order valence-electron chi connectivity index (χ1n) is 0.752. The Labute approximate surface area is 47.3 Å². The largest absolute Gasteiger partial charge is 2.00 e. The zero-order valence-corrected chi connectivity index (χ0v) is 5.93. The van der Waals surface area contributed by atoms with Crippen molar-refractivity contribution in [1.29, 1.82) is 0 Å². The van der Waals surface area contributed by atoms with E-state index in [0.29, 0.717) is 0 Å². The zero-order valence-electron chi connectivity index (χ0n) is 2.97. The molecule has 0 bridgehead atoms. The second-order valence-corrected chi connectivity index (χ2v) is 0.326. The molecule has 6 heavy (non-hydrogen) atoms. The van der Waals surface area contributed by atoms with Gasteiger partial charge in [0.05, 0.1) is 0 Å². The van der Waals surface area contributed by atoms with Gasteiger partial charge in [-0.05, 0) is 0 Å². The van der Waals surface area contributed by atoms with Crippen molar-refractivity contribution in [2.45, 2.75) is 0 Å². The van der Waals surface area contributed by atoms with E-state index in [-0.39, 0.29) is 24.2 Å². The van der Waals surface area contributed by atoms with Crippen molar-refractivity contribution in [2.75, 3.05) is 0 Å². The van der Waals surface area contributed by atoms with Crippen LogP contribution in [0.2, 0.25) is 0 Å². The zero-order chi connectivity index (χ0) is 3.58. The Hall–Kier alpha value is 0.498. The summed E-state index contributed by atoms with van der Waals surface area (Å²) >= 11 is 0. The maximum absolute atomic E-state index is 8.64. The molecule has 0 aromatic heterocycles. The smallest absolute Gasteiger partial charge is 1.00 e. The third kappa shape index (κ3) is 222. The fourth-order valence-electron chi connectivity index (χ4n) is 0. The van der Waals surface area contributed by atoms with Crippen LogP contribution < -0.4 is 9.73 Å². The van der Waals surface area contributed by atoms with Gasteiger partial charge in [0.25, 0.3) is 0 Å². The number of hydrogen-bond acceptors (Lipinski definition) is 3. The molecule has 0 radical (unpaired) electrons. The van der Waals surface area contributed by atoms with Gasteiger partial charge in [-0.2, -0.15) is 0 Å². The second kappa shape index (κ2) is 9.09. The van der Waals surface area contributed by atoms with Crippen molar-refractivity contribution in [3.63, 3.8) is 0 Å². The van der Waals surface area contributed by atoms with Crippen molar-refractivity contribution in [3.8, 4) is 0 Å². The minimum atomic E-state index is -2.42. The average molecular weight is 145 g/mol. The van der Waals surface area contributed by atoms with E-state index in [9.17, 15) is 0 Å². The van der Waals surface area contributed by atoms with Gasteiger partial charge in [-0.25, -0.2) is 0 Å². The van der Waals surface area contributed by atoms with E-state index in [1.165, 1.54) is 0 Å². The van der Waals surface area contributed by atoms with E-state index < -0.39 is 7.32 Å². The van der Waals surface area contributed by atoms with E-state index >= 15 is 0 Å². The van der Waals surface area contributed by atoms with E-state index in [1.807, 2.05) is 0 Å². The van der Waals surface area contributed by atoms with Crippen molar-refractivity contribution in [3.05, 3.63) is 0 Å². The van der Waals surface area contributed by atoms with Crippen LogP contribution in [0.5, 0.6) is 0 Å². The molecule has 0 fully saturated rings. The summed E-state index contributed by atoms with van der Waals surface area (Å²) in [5.74, 6) is 0. The molecular weight excluding hydrogens is 143 g/mol. The molecule has 0 saturated carbocycles. The van der Waals surface area contributed by atoms with Gasteiger partial charge in [-0.3, -0.25) is 0 Å². The van der Waals surface area contributed by atoms with E-state index in [4.69, 9.17) is 15.1 Å². The van der Waals surface area contributed by atoms with Gasteiger partial charge in [0.2, 0.25) is 0 Å². The molecule has 0 amide bonds. The van der Waals surface area contributed by atoms with Gasteiger partial charge < -0.3 is 19.8 Å². The predicted octanol–water partition coefficient (Wildman–Crippen LogP) is -5.68. The van der Waals surface area contributed by atoms with Crippen LogP contribution in [0.25, 0.3) is 0 Å². The summed E-state index contributed by atoms with van der Waals surface area (Å²) in [6.07, 6.45) is 0. The van der Waals surface area contributed by atoms with E-state index in [0.717, 1.165) is 0 Å². The Kier molecular flexibility index (Phi) is 24.3. The Morgan fingerprint density at radius 1 is 1.33 bits per heavy atom. The van der Waals surface area contributed by atoms with Crippen molar-refractivity contribution >= 4 is 7.32 Å². The van der Waals surface area contributed by atoms with E-state index in [2.05, 4.69) is 0 Å². The molecule has 0 spiro atoms. The predicted molar refractivity (Wildman–Crippen MR) is 10.2 cm³/mol. The first-order chi connectivity index (χ1) is 1.73. The Bertz CT molecular complexity index is 15.5. The molecule has 0 aliphatic carbocycles. The molecule has 0 heterocycles. The van der Waals surface area contributed by atoms with Crippen LogP contribution in [-0.4, -0.2) is 17.4 Å². The monoisotopic (exact) mass is 144 g/mol. The van der Waals surface area contributed by atoms with Gasteiger partial charge in [-0.1, -0.05) is 0 Å². The molecule has 0 aliphatic rings. The fraction of sp³-hybridized carbons (Fsp3) is 0. The molecular formula is H2BFO3Zn. The maximum atomic E-state index is 8.64. The molecule has 2 N–H and O–H groups in total. The summed E-state index contributed by atoms with van der Waals surface area (Å²) in [5.41, 5.74) is 0. The minimum Gasteiger partial charge on any atom is -1.00 e. The van der Waals surface area contributed by atoms with E-state index in [1.54, 1.807) is 0 Å². The number of hydrogen-bond donors (Lipinski definition) is 2. The first-order valence-corrected chi connectivity index (χ1v) is 0.752. The fourth-order valence-corrected chi connectivity index (χ4v) is 0. The third-order valence-electron chi connectivity index (χ3n) is 0. The summed E-state index contributed by atoms with van der Waals surface area (Å²) in [4.78, 5) is 0. The molecule has 6 heteroatoms. The summed E-state index contributed by atoms with van der Waals surface area (Å²) in [6.45, 7) is 0. The molecule has 0 atom stereocenters. The summed E-state index contributed by atoms with van der Waals surface area (Å²) in [5, 5.41) is 22.8. The van der Waals surface area contributed by atoms with Crippen LogP contribution >= 0.6 is 0 Å². The van der Waals surface area contributed by atoms with Crippen LogP contribution in [0, 0.1) is 0 Å². The molecule has 0 rings (SSSR count). The first kappa shape index (κ1) is 16.1. The summed E-state index contributed by atoms with van der Waals surface area (Å²) in [6, 6.07) is 0. The SMILES string of the molecule is [F-].[O-]B(O)O.[Zn+2]. The van der Waals surface area contributed by atoms with Gasteiger partial charge >= 0.3 is 26.8 Å². The van der Waals surface area contributed by atoms with Crippen molar-refractivity contribution < 1.29 is 39.3 Å². The Morgan fingerprint density at radius 3 is 1.33 bits per heavy atom. The standard InChI is InChI=1S/BH2O3.FH.Zn/c2-1(3)4;;/h2-3H;1H;/q-1;;+2/p-1. The summed E-state index contributed by atoms with van der Waals surface area (Å²) < 4.78 is 0. The van der Waals surface area contributed by atoms with Crippen LogP contribution in [0.1, 0.15) is 0 Å². The Balaban J connectivity index is -0.0000000450. The third-order valence-corrected chi connectivity index (χ3v) is 0. The molecule has 32 valence electrons. The second-order valence-electron chi connectivity index (χ2n) is 0.326. The van der Waals surface area contributed by atoms with Crippen LogP contribution in [-0.2, 0) is 19.5 Å². The number of halogens is 1. The molecule has 3 nitrogen and oxygen atoms in total. The summed E-state index contributed by atoms with van der Waals surface area (Å²) in [7, 11) is -2.42. The molecule has 0 aromatic rings. The quantitative estimate of drug-likeness (QED) is 0.334. The molecule has 0 aromatic carbocycles. The van der Waals surface area contributed by atoms with Gasteiger partial charge in [-0.15, -0.1) is 0 Å². The number of rotatable bonds is 0. The Morgan fingerprint density at radius 2 is 1.33 bits per heavy atom. The maximum Gasteiger partial charge on any atom is 2.00 e. The van der Waals surface area contributed by atoms with Crippen molar-refractivity contribution in [2.24, 2.45) is 0 Å². The van der Waals surface area contributed by atoms with Crippen LogP contribution in [0.4, 0.5) is 0 Å². The normalized spacial score (nSPS) is 4.50. The van der Waals surface area contributed by atoms with Crippen LogP contribution in [0.15, 0.2) is 0 Å².